The topological polar surface area (TPSA) is 81.1 Å². The van der Waals surface area contributed by atoms with Crippen LogP contribution in [0.5, 0.6) is 5.75 Å². The number of thioether (sulfide) groups is 1. The number of nitrogens with zero attached hydrogens (tertiary/aromatic N) is 3. The molecule has 0 saturated heterocycles. The van der Waals surface area contributed by atoms with Crippen LogP contribution in [0.15, 0.2) is 66.3 Å². The van der Waals surface area contributed by atoms with E-state index in [9.17, 15) is 4.79 Å². The molecule has 150 valence electrons. The van der Waals surface area contributed by atoms with Gasteiger partial charge in [-0.05, 0) is 19.1 Å². The van der Waals surface area contributed by atoms with Crippen LogP contribution in [0, 0.1) is 0 Å². The third kappa shape index (κ3) is 5.17. The summed E-state index contributed by atoms with van der Waals surface area (Å²) in [5, 5.41) is 9.23. The Bertz CT molecular complexity index is 988. The van der Waals surface area contributed by atoms with Crippen molar-refractivity contribution in [1.29, 1.82) is 0 Å². The van der Waals surface area contributed by atoms with Crippen LogP contribution in [0.1, 0.15) is 12.5 Å². The fraction of sp³-hybridized carbons (Fsp3) is 0.190. The maximum Gasteiger partial charge on any atom is 0.248 e. The van der Waals surface area contributed by atoms with Crippen molar-refractivity contribution >= 4 is 23.4 Å². The zero-order valence-corrected chi connectivity index (χ0v) is 17.2. The van der Waals surface area contributed by atoms with Crippen molar-refractivity contribution in [1.82, 2.24) is 25.6 Å². The molecule has 3 rings (SSSR count). The Balaban J connectivity index is 1.55. The number of ether oxygens (including phenoxy) is 1. The highest BCUT2D eigenvalue weighted by Crippen LogP contribution is 2.23. The lowest BCUT2D eigenvalue weighted by molar-refractivity contribution is -0.119. The van der Waals surface area contributed by atoms with Crippen molar-refractivity contribution in [2.24, 2.45) is 0 Å². The van der Waals surface area contributed by atoms with Crippen LogP contribution >= 0.6 is 11.8 Å². The van der Waals surface area contributed by atoms with Gasteiger partial charge in [-0.1, -0.05) is 60.8 Å². The SMILES string of the molecule is C=C(NNC(=O)CSc1nnc(-c2ccccc2)n1CC)c1cccc(OC)c1. The van der Waals surface area contributed by atoms with Gasteiger partial charge in [0.1, 0.15) is 5.75 Å². The lowest BCUT2D eigenvalue weighted by Gasteiger charge is -2.12. The number of nitrogens with one attached hydrogen (secondary N) is 2. The fourth-order valence-corrected chi connectivity index (χ4v) is 3.48. The van der Waals surface area contributed by atoms with E-state index in [1.807, 2.05) is 66.1 Å². The molecule has 1 amide bonds. The van der Waals surface area contributed by atoms with Crippen LogP contribution in [0.25, 0.3) is 17.1 Å². The average Bonchev–Trinajstić information content (AvgIpc) is 3.19. The van der Waals surface area contributed by atoms with E-state index in [2.05, 4.69) is 27.6 Å². The van der Waals surface area contributed by atoms with E-state index in [4.69, 9.17) is 4.74 Å². The molecule has 0 unspecified atom stereocenters. The van der Waals surface area contributed by atoms with Crippen molar-refractivity contribution in [3.63, 3.8) is 0 Å². The summed E-state index contributed by atoms with van der Waals surface area (Å²) in [4.78, 5) is 12.2. The Labute approximate surface area is 174 Å². The largest absolute Gasteiger partial charge is 0.497 e. The number of amides is 1. The molecule has 0 radical (unpaired) electrons. The molecule has 29 heavy (non-hydrogen) atoms. The zero-order valence-electron chi connectivity index (χ0n) is 16.4. The summed E-state index contributed by atoms with van der Waals surface area (Å²) in [5.74, 6) is 1.53. The van der Waals surface area contributed by atoms with Gasteiger partial charge in [0.05, 0.1) is 18.6 Å². The fourth-order valence-electron chi connectivity index (χ4n) is 2.68. The third-order valence-electron chi connectivity index (χ3n) is 4.17. The highest BCUT2D eigenvalue weighted by molar-refractivity contribution is 7.99. The smallest absolute Gasteiger partial charge is 0.248 e. The average molecular weight is 410 g/mol. The first kappa shape index (κ1) is 20.5. The van der Waals surface area contributed by atoms with Gasteiger partial charge >= 0.3 is 0 Å². The number of hydrazine groups is 1. The van der Waals surface area contributed by atoms with E-state index >= 15 is 0 Å². The second-order valence-electron chi connectivity index (χ2n) is 6.09. The molecule has 2 N–H and O–H groups in total. The molecule has 0 bridgehead atoms. The highest BCUT2D eigenvalue weighted by atomic mass is 32.2. The number of hydrogen-bond donors (Lipinski definition) is 2. The third-order valence-corrected chi connectivity index (χ3v) is 5.14. The molecular formula is C21H23N5O2S. The van der Waals surface area contributed by atoms with Gasteiger partial charge in [-0.3, -0.25) is 15.6 Å². The summed E-state index contributed by atoms with van der Waals surface area (Å²) in [7, 11) is 1.60. The predicted octanol–water partition coefficient (Wildman–Crippen LogP) is 3.36. The lowest BCUT2D eigenvalue weighted by atomic mass is 10.2. The first-order chi connectivity index (χ1) is 14.1. The molecule has 0 fully saturated rings. The van der Waals surface area contributed by atoms with Gasteiger partial charge < -0.3 is 9.30 Å². The molecule has 1 aromatic heterocycles. The van der Waals surface area contributed by atoms with E-state index in [1.165, 1.54) is 11.8 Å². The van der Waals surface area contributed by atoms with Crippen LogP contribution in [-0.2, 0) is 11.3 Å². The predicted molar refractivity (Wildman–Crippen MR) is 115 cm³/mol. The van der Waals surface area contributed by atoms with E-state index < -0.39 is 0 Å². The minimum Gasteiger partial charge on any atom is -0.497 e. The molecular weight excluding hydrogens is 386 g/mol. The van der Waals surface area contributed by atoms with Gasteiger partial charge in [0, 0.05) is 17.7 Å². The number of hydrogen-bond acceptors (Lipinski definition) is 6. The molecule has 8 heteroatoms. The molecule has 0 saturated carbocycles. The van der Waals surface area contributed by atoms with Crippen LogP contribution < -0.4 is 15.6 Å². The lowest BCUT2D eigenvalue weighted by Crippen LogP contribution is -2.37. The summed E-state index contributed by atoms with van der Waals surface area (Å²) in [6.07, 6.45) is 0. The first-order valence-electron chi connectivity index (χ1n) is 9.12. The van der Waals surface area contributed by atoms with Gasteiger partial charge in [0.2, 0.25) is 5.91 Å². The monoisotopic (exact) mass is 409 g/mol. The summed E-state index contributed by atoms with van der Waals surface area (Å²) in [6, 6.07) is 17.3. The summed E-state index contributed by atoms with van der Waals surface area (Å²) < 4.78 is 7.20. The normalized spacial score (nSPS) is 10.4. The number of benzene rings is 2. The van der Waals surface area contributed by atoms with Crippen LogP contribution in [-0.4, -0.2) is 33.5 Å². The molecule has 2 aromatic carbocycles. The molecule has 0 aliphatic rings. The van der Waals surface area contributed by atoms with Gasteiger partial charge in [0.15, 0.2) is 11.0 Å². The quantitative estimate of drug-likeness (QED) is 0.417. The van der Waals surface area contributed by atoms with Crippen molar-refractivity contribution in [2.45, 2.75) is 18.6 Å². The van der Waals surface area contributed by atoms with Crippen molar-refractivity contribution in [3.8, 4) is 17.1 Å². The van der Waals surface area contributed by atoms with Crippen LogP contribution in [0.3, 0.4) is 0 Å². The number of aromatic nitrogens is 3. The Morgan fingerprint density at radius 3 is 2.66 bits per heavy atom. The summed E-state index contributed by atoms with van der Waals surface area (Å²) in [6.45, 7) is 6.68. The van der Waals surface area contributed by atoms with Gasteiger partial charge in [-0.15, -0.1) is 10.2 Å². The second kappa shape index (κ2) is 9.79. The van der Waals surface area contributed by atoms with Gasteiger partial charge in [-0.25, -0.2) is 0 Å². The minimum absolute atomic E-state index is 0.189. The second-order valence-corrected chi connectivity index (χ2v) is 7.03. The van der Waals surface area contributed by atoms with Crippen molar-refractivity contribution in [3.05, 3.63) is 66.7 Å². The van der Waals surface area contributed by atoms with Gasteiger partial charge in [-0.2, -0.15) is 0 Å². The van der Waals surface area contributed by atoms with Crippen LogP contribution in [0.2, 0.25) is 0 Å². The number of carbonyl (C=O) groups excluding carboxylic acids is 1. The van der Waals surface area contributed by atoms with Gasteiger partial charge in [0.25, 0.3) is 0 Å². The zero-order chi connectivity index (χ0) is 20.6. The first-order valence-corrected chi connectivity index (χ1v) is 10.1. The standard InChI is InChI=1S/C21H23N5O2S/c1-4-26-20(16-9-6-5-7-10-16)24-25-21(26)29-14-19(27)23-22-15(2)17-11-8-12-18(13-17)28-3/h5-13,22H,2,4,14H2,1,3H3,(H,23,27). The number of rotatable bonds is 9. The minimum atomic E-state index is -0.189. The summed E-state index contributed by atoms with van der Waals surface area (Å²) >= 11 is 1.34. The molecule has 0 aliphatic carbocycles. The molecule has 7 nitrogen and oxygen atoms in total. The maximum absolute atomic E-state index is 12.2. The Hall–Kier alpha value is -3.26. The van der Waals surface area contributed by atoms with E-state index in [1.54, 1.807) is 7.11 Å². The number of methoxy groups -OCH3 is 1. The Morgan fingerprint density at radius 2 is 1.93 bits per heavy atom. The number of carbonyl (C=O) groups is 1. The van der Waals surface area contributed by atoms with Crippen LogP contribution in [0.4, 0.5) is 0 Å². The molecule has 3 aromatic rings. The summed E-state index contributed by atoms with van der Waals surface area (Å²) in [5.41, 5.74) is 7.90. The van der Waals surface area contributed by atoms with Crippen molar-refractivity contribution in [2.75, 3.05) is 12.9 Å². The molecule has 1 heterocycles. The maximum atomic E-state index is 12.2. The Morgan fingerprint density at radius 1 is 1.14 bits per heavy atom. The van der Waals surface area contributed by atoms with E-state index in [-0.39, 0.29) is 11.7 Å². The highest BCUT2D eigenvalue weighted by Gasteiger charge is 2.14. The Kier molecular flexibility index (Phi) is 6.91. The van der Waals surface area contributed by atoms with E-state index in [0.717, 1.165) is 22.7 Å². The molecule has 0 atom stereocenters. The molecule has 0 aliphatic heterocycles. The van der Waals surface area contributed by atoms with Crippen molar-refractivity contribution < 1.29 is 9.53 Å². The van der Waals surface area contributed by atoms with E-state index in [0.29, 0.717) is 17.4 Å². The molecule has 0 spiro atoms.